The third kappa shape index (κ3) is 5.04. The molecule has 25 heavy (non-hydrogen) atoms. The van der Waals surface area contributed by atoms with Crippen LogP contribution in [-0.2, 0) is 21.1 Å². The largest absolute Gasteiger partial charge is 0.478 e. The van der Waals surface area contributed by atoms with E-state index >= 15 is 0 Å². The summed E-state index contributed by atoms with van der Waals surface area (Å²) in [6.07, 6.45) is 5.16. The SMILES string of the molecule is CN(C(=O)CCc1ccc(C(=O)O)cc1)C1CCCCC1S(C)(=O)=O. The van der Waals surface area contributed by atoms with Crippen LogP contribution in [-0.4, -0.2) is 54.9 Å². The van der Waals surface area contributed by atoms with Crippen LogP contribution in [0.1, 0.15) is 48.0 Å². The Kier molecular flexibility index (Phi) is 6.21. The van der Waals surface area contributed by atoms with E-state index in [9.17, 15) is 18.0 Å². The lowest BCUT2D eigenvalue weighted by atomic mass is 9.93. The van der Waals surface area contributed by atoms with Gasteiger partial charge in [0.05, 0.1) is 10.8 Å². The van der Waals surface area contributed by atoms with Crippen LogP contribution in [0.5, 0.6) is 0 Å². The summed E-state index contributed by atoms with van der Waals surface area (Å²) in [7, 11) is -1.50. The molecule has 0 bridgehead atoms. The number of rotatable bonds is 6. The number of amides is 1. The van der Waals surface area contributed by atoms with Crippen LogP contribution in [0.15, 0.2) is 24.3 Å². The quantitative estimate of drug-likeness (QED) is 0.832. The lowest BCUT2D eigenvalue weighted by Gasteiger charge is -2.37. The van der Waals surface area contributed by atoms with Gasteiger partial charge in [-0.25, -0.2) is 13.2 Å². The molecule has 0 aliphatic heterocycles. The molecule has 0 heterocycles. The Bertz CT molecular complexity index is 726. The van der Waals surface area contributed by atoms with Gasteiger partial charge in [0.2, 0.25) is 5.91 Å². The molecule has 138 valence electrons. The van der Waals surface area contributed by atoms with Gasteiger partial charge >= 0.3 is 5.97 Å². The van der Waals surface area contributed by atoms with E-state index in [1.807, 2.05) is 0 Å². The van der Waals surface area contributed by atoms with Crippen LogP contribution in [0.4, 0.5) is 0 Å². The normalized spacial score (nSPS) is 20.9. The van der Waals surface area contributed by atoms with Gasteiger partial charge in [-0.05, 0) is 37.0 Å². The van der Waals surface area contributed by atoms with Crippen LogP contribution < -0.4 is 0 Å². The van der Waals surface area contributed by atoms with E-state index in [1.54, 1.807) is 24.1 Å². The maximum absolute atomic E-state index is 12.5. The Morgan fingerprint density at radius 1 is 1.16 bits per heavy atom. The third-order valence-electron chi connectivity index (χ3n) is 4.94. The van der Waals surface area contributed by atoms with Gasteiger partial charge in [0.25, 0.3) is 0 Å². The lowest BCUT2D eigenvalue weighted by Crippen LogP contribution is -2.49. The molecule has 0 radical (unpaired) electrons. The summed E-state index contributed by atoms with van der Waals surface area (Å²) < 4.78 is 24.0. The smallest absolute Gasteiger partial charge is 0.335 e. The van der Waals surface area contributed by atoms with Crippen molar-refractivity contribution in [2.75, 3.05) is 13.3 Å². The van der Waals surface area contributed by atoms with Crippen LogP contribution >= 0.6 is 0 Å². The number of carbonyl (C=O) groups is 2. The van der Waals surface area contributed by atoms with Crippen LogP contribution in [0.2, 0.25) is 0 Å². The van der Waals surface area contributed by atoms with Crippen molar-refractivity contribution in [3.05, 3.63) is 35.4 Å². The highest BCUT2D eigenvalue weighted by molar-refractivity contribution is 7.91. The molecule has 0 aromatic heterocycles. The molecule has 1 aliphatic rings. The highest BCUT2D eigenvalue weighted by Gasteiger charge is 2.36. The Morgan fingerprint density at radius 2 is 1.76 bits per heavy atom. The molecule has 6 nitrogen and oxygen atoms in total. The summed E-state index contributed by atoms with van der Waals surface area (Å²) in [6.45, 7) is 0. The average Bonchev–Trinajstić information content (AvgIpc) is 2.58. The Labute approximate surface area is 148 Å². The van der Waals surface area contributed by atoms with Crippen molar-refractivity contribution in [3.8, 4) is 0 Å². The minimum Gasteiger partial charge on any atom is -0.478 e. The number of sulfone groups is 1. The summed E-state index contributed by atoms with van der Waals surface area (Å²) in [5.41, 5.74) is 1.10. The van der Waals surface area contributed by atoms with Gasteiger partial charge in [-0.2, -0.15) is 0 Å². The second kappa shape index (κ2) is 7.99. The molecule has 1 fully saturated rings. The van der Waals surface area contributed by atoms with Crippen molar-refractivity contribution in [1.82, 2.24) is 4.90 Å². The van der Waals surface area contributed by atoms with E-state index in [2.05, 4.69) is 0 Å². The van der Waals surface area contributed by atoms with Crippen LogP contribution in [0, 0.1) is 0 Å². The second-order valence-corrected chi connectivity index (χ2v) is 8.99. The van der Waals surface area contributed by atoms with Crippen molar-refractivity contribution in [2.45, 2.75) is 49.8 Å². The zero-order chi connectivity index (χ0) is 18.6. The van der Waals surface area contributed by atoms with Gasteiger partial charge in [0.15, 0.2) is 9.84 Å². The first-order valence-electron chi connectivity index (χ1n) is 8.47. The molecule has 0 saturated heterocycles. The molecule has 1 aliphatic carbocycles. The van der Waals surface area contributed by atoms with E-state index in [0.717, 1.165) is 18.4 Å². The summed E-state index contributed by atoms with van der Waals surface area (Å²) >= 11 is 0. The average molecular weight is 367 g/mol. The summed E-state index contributed by atoms with van der Waals surface area (Å²) in [4.78, 5) is 24.9. The fourth-order valence-corrected chi connectivity index (χ4v) is 4.93. The molecule has 1 aromatic rings. The zero-order valence-electron chi connectivity index (χ0n) is 14.6. The molecular weight excluding hydrogens is 342 g/mol. The number of aromatic carboxylic acids is 1. The predicted molar refractivity (Wildman–Crippen MR) is 95.4 cm³/mol. The predicted octanol–water partition coefficient (Wildman–Crippen LogP) is 2.13. The Hall–Kier alpha value is -1.89. The molecular formula is C18H25NO5S. The zero-order valence-corrected chi connectivity index (χ0v) is 15.5. The number of aryl methyl sites for hydroxylation is 1. The standard InChI is InChI=1S/C18H25NO5S/c1-19(15-5-3-4-6-16(15)25(2,23)24)17(20)12-9-13-7-10-14(11-8-13)18(21)22/h7-8,10-11,15-16H,3-6,9,12H2,1-2H3,(H,21,22). The van der Waals surface area contributed by atoms with E-state index in [0.29, 0.717) is 19.3 Å². The fourth-order valence-electron chi connectivity index (χ4n) is 3.45. The summed E-state index contributed by atoms with van der Waals surface area (Å²) in [6, 6.07) is 6.19. The lowest BCUT2D eigenvalue weighted by molar-refractivity contribution is -0.132. The first-order valence-corrected chi connectivity index (χ1v) is 10.4. The molecule has 1 saturated carbocycles. The molecule has 1 amide bonds. The number of benzene rings is 1. The fraction of sp³-hybridized carbons (Fsp3) is 0.556. The number of carbonyl (C=O) groups excluding carboxylic acids is 1. The maximum Gasteiger partial charge on any atom is 0.335 e. The second-order valence-electron chi connectivity index (χ2n) is 6.73. The van der Waals surface area contributed by atoms with Gasteiger partial charge in [-0.15, -0.1) is 0 Å². The summed E-state index contributed by atoms with van der Waals surface area (Å²) in [5, 5.41) is 8.41. The van der Waals surface area contributed by atoms with E-state index in [4.69, 9.17) is 5.11 Å². The molecule has 1 N–H and O–H groups in total. The maximum atomic E-state index is 12.5. The van der Waals surface area contributed by atoms with Crippen molar-refractivity contribution >= 4 is 21.7 Å². The van der Waals surface area contributed by atoms with Crippen molar-refractivity contribution < 1.29 is 23.1 Å². The minimum absolute atomic E-state index is 0.0807. The molecule has 2 unspecified atom stereocenters. The van der Waals surface area contributed by atoms with Crippen molar-refractivity contribution in [3.63, 3.8) is 0 Å². The minimum atomic E-state index is -3.18. The molecule has 1 aromatic carbocycles. The number of nitrogens with zero attached hydrogens (tertiary/aromatic N) is 1. The van der Waals surface area contributed by atoms with Crippen molar-refractivity contribution in [2.24, 2.45) is 0 Å². The first kappa shape index (κ1) is 19.4. The summed E-state index contributed by atoms with van der Waals surface area (Å²) in [5.74, 6) is -1.06. The van der Waals surface area contributed by atoms with Gasteiger partial charge in [0.1, 0.15) is 0 Å². The van der Waals surface area contributed by atoms with E-state index in [1.165, 1.54) is 18.4 Å². The topological polar surface area (TPSA) is 91.8 Å². The van der Waals surface area contributed by atoms with Gasteiger partial charge in [-0.1, -0.05) is 25.0 Å². The first-order chi connectivity index (χ1) is 11.7. The molecule has 2 atom stereocenters. The molecule has 2 rings (SSSR count). The molecule has 7 heteroatoms. The highest BCUT2D eigenvalue weighted by atomic mass is 32.2. The van der Waals surface area contributed by atoms with E-state index < -0.39 is 21.1 Å². The monoisotopic (exact) mass is 367 g/mol. The number of hydrogen-bond acceptors (Lipinski definition) is 4. The van der Waals surface area contributed by atoms with E-state index in [-0.39, 0.29) is 23.9 Å². The number of hydrogen-bond donors (Lipinski definition) is 1. The van der Waals surface area contributed by atoms with Crippen LogP contribution in [0.25, 0.3) is 0 Å². The number of carboxylic acid groups (broad SMARTS) is 1. The van der Waals surface area contributed by atoms with Crippen LogP contribution in [0.3, 0.4) is 0 Å². The van der Waals surface area contributed by atoms with Crippen molar-refractivity contribution in [1.29, 1.82) is 0 Å². The van der Waals surface area contributed by atoms with Gasteiger partial charge < -0.3 is 10.0 Å². The Balaban J connectivity index is 1.98. The van der Waals surface area contributed by atoms with Gasteiger partial charge in [-0.3, -0.25) is 4.79 Å². The Morgan fingerprint density at radius 3 is 2.32 bits per heavy atom. The molecule has 0 spiro atoms. The third-order valence-corrected chi connectivity index (χ3v) is 6.59. The highest BCUT2D eigenvalue weighted by Crippen LogP contribution is 2.28. The number of carboxylic acids is 1. The van der Waals surface area contributed by atoms with Gasteiger partial charge in [0, 0.05) is 25.8 Å².